The first-order valence-electron chi connectivity index (χ1n) is 4.47. The molecule has 0 fully saturated rings. The normalized spacial score (nSPS) is 11.0. The summed E-state index contributed by atoms with van der Waals surface area (Å²) in [5.41, 5.74) is 1.80. The number of aromatic amines is 1. The van der Waals surface area contributed by atoms with Crippen LogP contribution in [-0.4, -0.2) is 19.7 Å². The van der Waals surface area contributed by atoms with Crippen molar-refractivity contribution in [3.05, 3.63) is 42.1 Å². The maximum atomic E-state index is 6.14. The molecule has 3 aromatic rings. The van der Waals surface area contributed by atoms with Crippen molar-refractivity contribution >= 4 is 22.5 Å². The summed E-state index contributed by atoms with van der Waals surface area (Å²) in [5, 5.41) is 5.83. The number of benzene rings is 1. The van der Waals surface area contributed by atoms with Crippen LogP contribution in [0.25, 0.3) is 16.6 Å². The minimum Gasteiger partial charge on any atom is -0.359 e. The number of hydrogen-bond acceptors (Lipinski definition) is 2. The van der Waals surface area contributed by atoms with Crippen molar-refractivity contribution in [2.24, 2.45) is 0 Å². The van der Waals surface area contributed by atoms with Crippen molar-refractivity contribution in [2.45, 2.75) is 0 Å². The molecular weight excluding hydrogens is 212 g/mol. The molecule has 5 heteroatoms. The molecule has 1 aromatic carbocycles. The number of rotatable bonds is 1. The number of hydrogen-bond donors (Lipinski definition) is 1. The predicted molar refractivity (Wildman–Crippen MR) is 58.2 cm³/mol. The van der Waals surface area contributed by atoms with Gasteiger partial charge in [0.25, 0.3) is 0 Å². The Morgan fingerprint density at radius 1 is 1.27 bits per heavy atom. The molecule has 0 aliphatic rings. The van der Waals surface area contributed by atoms with Crippen LogP contribution in [0.15, 0.2) is 37.1 Å². The fourth-order valence-corrected chi connectivity index (χ4v) is 1.88. The lowest BCUT2D eigenvalue weighted by Crippen LogP contribution is -1.96. The van der Waals surface area contributed by atoms with E-state index in [2.05, 4.69) is 15.1 Å². The Bertz CT molecular complexity index is 597. The molecule has 74 valence electrons. The van der Waals surface area contributed by atoms with E-state index in [0.717, 1.165) is 16.6 Å². The second-order valence-electron chi connectivity index (χ2n) is 3.18. The molecular formula is C10H7ClN4. The van der Waals surface area contributed by atoms with Gasteiger partial charge in [0, 0.05) is 11.6 Å². The standard InChI is InChI=1S/C10H7ClN4/c11-8-2-1-7-3-4-13-9(7)10(8)15-6-12-5-14-15/h1-6,13H. The van der Waals surface area contributed by atoms with Gasteiger partial charge in [-0.25, -0.2) is 9.67 Å². The smallest absolute Gasteiger partial charge is 0.138 e. The van der Waals surface area contributed by atoms with E-state index in [1.165, 1.54) is 6.33 Å². The zero-order valence-corrected chi connectivity index (χ0v) is 8.44. The van der Waals surface area contributed by atoms with Crippen LogP contribution in [0, 0.1) is 0 Å². The van der Waals surface area contributed by atoms with E-state index < -0.39 is 0 Å². The molecule has 3 rings (SSSR count). The van der Waals surface area contributed by atoms with E-state index in [9.17, 15) is 0 Å². The Kier molecular flexibility index (Phi) is 1.76. The first kappa shape index (κ1) is 8.49. The van der Waals surface area contributed by atoms with Crippen LogP contribution in [0.3, 0.4) is 0 Å². The zero-order chi connectivity index (χ0) is 10.3. The first-order valence-corrected chi connectivity index (χ1v) is 4.84. The average Bonchev–Trinajstić information content (AvgIpc) is 2.85. The van der Waals surface area contributed by atoms with E-state index in [1.54, 1.807) is 11.0 Å². The highest BCUT2D eigenvalue weighted by Crippen LogP contribution is 2.27. The number of nitrogens with zero attached hydrogens (tertiary/aromatic N) is 3. The average molecular weight is 219 g/mol. The molecule has 0 saturated heterocycles. The van der Waals surface area contributed by atoms with Gasteiger partial charge in [0.15, 0.2) is 0 Å². The van der Waals surface area contributed by atoms with Crippen molar-refractivity contribution in [2.75, 3.05) is 0 Å². The van der Waals surface area contributed by atoms with Crippen molar-refractivity contribution in [3.63, 3.8) is 0 Å². The number of nitrogens with one attached hydrogen (secondary N) is 1. The molecule has 0 saturated carbocycles. The van der Waals surface area contributed by atoms with Crippen LogP contribution in [0.5, 0.6) is 0 Å². The van der Waals surface area contributed by atoms with Crippen molar-refractivity contribution in [3.8, 4) is 5.69 Å². The minimum atomic E-state index is 0.649. The summed E-state index contributed by atoms with van der Waals surface area (Å²) >= 11 is 6.14. The number of H-pyrrole nitrogens is 1. The summed E-state index contributed by atoms with van der Waals surface area (Å²) in [6.07, 6.45) is 4.99. The molecule has 0 unspecified atom stereocenters. The first-order chi connectivity index (χ1) is 7.36. The molecule has 0 atom stereocenters. The molecule has 15 heavy (non-hydrogen) atoms. The van der Waals surface area contributed by atoms with Gasteiger partial charge in [-0.15, -0.1) is 0 Å². The molecule has 0 aliphatic carbocycles. The second kappa shape index (κ2) is 3.10. The van der Waals surface area contributed by atoms with Crippen LogP contribution in [0.2, 0.25) is 5.02 Å². The van der Waals surface area contributed by atoms with E-state index in [-0.39, 0.29) is 0 Å². The molecule has 1 N–H and O–H groups in total. The minimum absolute atomic E-state index is 0.649. The highest BCUT2D eigenvalue weighted by Gasteiger charge is 2.09. The lowest BCUT2D eigenvalue weighted by Gasteiger charge is -2.04. The zero-order valence-electron chi connectivity index (χ0n) is 7.68. The van der Waals surface area contributed by atoms with Crippen LogP contribution in [0.1, 0.15) is 0 Å². The molecule has 0 bridgehead atoms. The Morgan fingerprint density at radius 2 is 2.20 bits per heavy atom. The molecule has 2 heterocycles. The third-order valence-corrected chi connectivity index (χ3v) is 2.60. The van der Waals surface area contributed by atoms with Gasteiger partial charge in [-0.05, 0) is 12.1 Å². The summed E-state index contributed by atoms with van der Waals surface area (Å²) in [6, 6.07) is 5.81. The fraction of sp³-hybridized carbons (Fsp3) is 0. The van der Waals surface area contributed by atoms with Crippen LogP contribution >= 0.6 is 11.6 Å². The highest BCUT2D eigenvalue weighted by molar-refractivity contribution is 6.33. The molecule has 0 amide bonds. The van der Waals surface area contributed by atoms with Gasteiger partial charge in [-0.1, -0.05) is 17.7 Å². The van der Waals surface area contributed by atoms with Crippen molar-refractivity contribution in [1.29, 1.82) is 0 Å². The molecule has 2 aromatic heterocycles. The Morgan fingerprint density at radius 3 is 3.00 bits per heavy atom. The van der Waals surface area contributed by atoms with Crippen molar-refractivity contribution in [1.82, 2.24) is 19.7 Å². The lowest BCUT2D eigenvalue weighted by atomic mass is 10.2. The van der Waals surface area contributed by atoms with Gasteiger partial charge in [0.1, 0.15) is 18.3 Å². The second-order valence-corrected chi connectivity index (χ2v) is 3.59. The van der Waals surface area contributed by atoms with Gasteiger partial charge in [0.05, 0.1) is 10.5 Å². The lowest BCUT2D eigenvalue weighted by molar-refractivity contribution is 0.884. The monoisotopic (exact) mass is 218 g/mol. The Balaban J connectivity index is 2.41. The SMILES string of the molecule is Clc1ccc2cc[nH]c2c1-n1cncn1. The fourth-order valence-electron chi connectivity index (χ4n) is 1.63. The van der Waals surface area contributed by atoms with Gasteiger partial charge in [0.2, 0.25) is 0 Å². The summed E-state index contributed by atoms with van der Waals surface area (Å²) in [7, 11) is 0. The number of halogens is 1. The highest BCUT2D eigenvalue weighted by atomic mass is 35.5. The topological polar surface area (TPSA) is 46.5 Å². The van der Waals surface area contributed by atoms with Crippen molar-refractivity contribution < 1.29 is 0 Å². The van der Waals surface area contributed by atoms with Crippen LogP contribution in [-0.2, 0) is 0 Å². The predicted octanol–water partition coefficient (Wildman–Crippen LogP) is 2.40. The maximum Gasteiger partial charge on any atom is 0.138 e. The van der Waals surface area contributed by atoms with E-state index in [1.807, 2.05) is 24.4 Å². The quantitative estimate of drug-likeness (QED) is 0.682. The van der Waals surface area contributed by atoms with Gasteiger partial charge in [-0.3, -0.25) is 0 Å². The molecule has 0 radical (unpaired) electrons. The molecule has 0 aliphatic heterocycles. The molecule has 4 nitrogen and oxygen atoms in total. The Hall–Kier alpha value is -1.81. The number of aromatic nitrogens is 4. The van der Waals surface area contributed by atoms with Crippen LogP contribution in [0.4, 0.5) is 0 Å². The molecule has 0 spiro atoms. The summed E-state index contributed by atoms with van der Waals surface area (Å²) in [5.74, 6) is 0. The Labute approximate surface area is 90.5 Å². The van der Waals surface area contributed by atoms with Gasteiger partial charge >= 0.3 is 0 Å². The third-order valence-electron chi connectivity index (χ3n) is 2.30. The van der Waals surface area contributed by atoms with Gasteiger partial charge in [-0.2, -0.15) is 5.10 Å². The van der Waals surface area contributed by atoms with E-state index >= 15 is 0 Å². The van der Waals surface area contributed by atoms with Gasteiger partial charge < -0.3 is 4.98 Å². The summed E-state index contributed by atoms with van der Waals surface area (Å²) < 4.78 is 1.65. The van der Waals surface area contributed by atoms with E-state index in [4.69, 9.17) is 11.6 Å². The number of fused-ring (bicyclic) bond motifs is 1. The maximum absolute atomic E-state index is 6.14. The van der Waals surface area contributed by atoms with Crippen LogP contribution < -0.4 is 0 Å². The summed E-state index contributed by atoms with van der Waals surface area (Å²) in [4.78, 5) is 7.05. The largest absolute Gasteiger partial charge is 0.359 e. The van der Waals surface area contributed by atoms with E-state index in [0.29, 0.717) is 5.02 Å². The third kappa shape index (κ3) is 1.22. The summed E-state index contributed by atoms with van der Waals surface area (Å²) in [6.45, 7) is 0.